The third-order valence-corrected chi connectivity index (χ3v) is 3.72. The minimum Gasteiger partial charge on any atom is -0.435 e. The number of rotatable bonds is 6. The van der Waals surface area contributed by atoms with Crippen molar-refractivity contribution in [2.75, 3.05) is 37.6 Å². The van der Waals surface area contributed by atoms with E-state index in [0.29, 0.717) is 6.54 Å². The monoisotopic (exact) mass is 300 g/mol. The third kappa shape index (κ3) is 4.82. The van der Waals surface area contributed by atoms with E-state index in [4.69, 9.17) is 0 Å². The second-order valence-electron chi connectivity index (χ2n) is 5.23. The summed E-state index contributed by atoms with van der Waals surface area (Å²) in [6.07, 6.45) is 0.479. The molecule has 1 fully saturated rings. The second kappa shape index (κ2) is 7.56. The molecule has 0 saturated carbocycles. The predicted molar refractivity (Wildman–Crippen MR) is 78.0 cm³/mol. The van der Waals surface area contributed by atoms with E-state index < -0.39 is 6.61 Å². The Hall–Kier alpha value is -1.40. The largest absolute Gasteiger partial charge is 0.435 e. The van der Waals surface area contributed by atoms with Gasteiger partial charge in [0.25, 0.3) is 0 Å². The molecule has 0 spiro atoms. The van der Waals surface area contributed by atoms with Crippen molar-refractivity contribution in [3.05, 3.63) is 24.3 Å². The number of aliphatic hydroxyl groups is 1. The number of halogens is 2. The molecule has 0 amide bonds. The van der Waals surface area contributed by atoms with E-state index in [0.717, 1.165) is 38.3 Å². The molecule has 0 radical (unpaired) electrons. The SMILES string of the molecule is CC[C@H](O)CN1CCN(c2cccc(OC(F)F)c2)CC1. The van der Waals surface area contributed by atoms with Crippen LogP contribution in [0.25, 0.3) is 0 Å². The maximum absolute atomic E-state index is 12.2. The summed E-state index contributed by atoms with van der Waals surface area (Å²) < 4.78 is 28.9. The van der Waals surface area contributed by atoms with Crippen molar-refractivity contribution in [1.82, 2.24) is 4.90 Å². The van der Waals surface area contributed by atoms with Crippen LogP contribution in [0.3, 0.4) is 0 Å². The van der Waals surface area contributed by atoms with E-state index >= 15 is 0 Å². The summed E-state index contributed by atoms with van der Waals surface area (Å²) in [4.78, 5) is 4.37. The van der Waals surface area contributed by atoms with Gasteiger partial charge in [-0.05, 0) is 18.6 Å². The summed E-state index contributed by atoms with van der Waals surface area (Å²) in [6, 6.07) is 6.79. The lowest BCUT2D eigenvalue weighted by Gasteiger charge is -2.36. The molecule has 4 nitrogen and oxygen atoms in total. The average Bonchev–Trinajstić information content (AvgIpc) is 2.47. The van der Waals surface area contributed by atoms with Crippen LogP contribution in [-0.4, -0.2) is 55.4 Å². The van der Waals surface area contributed by atoms with Crippen LogP contribution in [0.15, 0.2) is 24.3 Å². The van der Waals surface area contributed by atoms with Crippen LogP contribution in [-0.2, 0) is 0 Å². The Kier molecular flexibility index (Phi) is 5.76. The van der Waals surface area contributed by atoms with Gasteiger partial charge in [-0.1, -0.05) is 13.0 Å². The first kappa shape index (κ1) is 16.0. The highest BCUT2D eigenvalue weighted by Gasteiger charge is 2.19. The summed E-state index contributed by atoms with van der Waals surface area (Å²) in [5.74, 6) is 0.186. The first-order valence-electron chi connectivity index (χ1n) is 7.28. The minimum absolute atomic E-state index is 0.186. The summed E-state index contributed by atoms with van der Waals surface area (Å²) in [6.45, 7) is 3.21. The molecule has 1 heterocycles. The number of aliphatic hydroxyl groups excluding tert-OH is 1. The van der Waals surface area contributed by atoms with Crippen molar-refractivity contribution in [1.29, 1.82) is 0 Å². The van der Waals surface area contributed by atoms with Crippen molar-refractivity contribution < 1.29 is 18.6 Å². The topological polar surface area (TPSA) is 35.9 Å². The number of piperazine rings is 1. The number of hydrogen-bond donors (Lipinski definition) is 1. The fourth-order valence-corrected chi connectivity index (χ4v) is 2.47. The zero-order valence-corrected chi connectivity index (χ0v) is 12.2. The lowest BCUT2D eigenvalue weighted by Crippen LogP contribution is -2.48. The number of benzene rings is 1. The highest BCUT2D eigenvalue weighted by atomic mass is 19.3. The molecule has 0 aromatic heterocycles. The number of ether oxygens (including phenoxy) is 1. The van der Waals surface area contributed by atoms with E-state index in [1.54, 1.807) is 12.1 Å². The number of nitrogens with zero attached hydrogens (tertiary/aromatic N) is 2. The molecular weight excluding hydrogens is 278 g/mol. The lowest BCUT2D eigenvalue weighted by molar-refractivity contribution is -0.0498. The van der Waals surface area contributed by atoms with Gasteiger partial charge in [-0.25, -0.2) is 0 Å². The summed E-state index contributed by atoms with van der Waals surface area (Å²) in [5, 5.41) is 9.67. The van der Waals surface area contributed by atoms with E-state index in [2.05, 4.69) is 14.5 Å². The van der Waals surface area contributed by atoms with Crippen LogP contribution in [0.4, 0.5) is 14.5 Å². The molecule has 6 heteroatoms. The van der Waals surface area contributed by atoms with Crippen LogP contribution in [0.2, 0.25) is 0 Å². The maximum atomic E-state index is 12.2. The number of alkyl halides is 2. The smallest absolute Gasteiger partial charge is 0.387 e. The number of β-amino-alcohol motifs (C(OH)–C–C–N with tert-alkyl or cyclic N) is 1. The molecular formula is C15H22F2N2O2. The van der Waals surface area contributed by atoms with Crippen molar-refractivity contribution in [3.8, 4) is 5.75 Å². The van der Waals surface area contributed by atoms with Crippen LogP contribution in [0.5, 0.6) is 5.75 Å². The molecule has 1 saturated heterocycles. The zero-order valence-electron chi connectivity index (χ0n) is 12.2. The van der Waals surface area contributed by atoms with Crippen LogP contribution in [0.1, 0.15) is 13.3 Å². The normalized spacial score (nSPS) is 18.0. The van der Waals surface area contributed by atoms with Gasteiger partial charge in [0.05, 0.1) is 6.10 Å². The quantitative estimate of drug-likeness (QED) is 0.873. The molecule has 118 valence electrons. The number of hydrogen-bond acceptors (Lipinski definition) is 4. The molecule has 0 aliphatic carbocycles. The van der Waals surface area contributed by atoms with Crippen molar-refractivity contribution in [2.24, 2.45) is 0 Å². The minimum atomic E-state index is -2.80. The Morgan fingerprint density at radius 2 is 1.95 bits per heavy atom. The van der Waals surface area contributed by atoms with Crippen molar-refractivity contribution >= 4 is 5.69 Å². The molecule has 21 heavy (non-hydrogen) atoms. The molecule has 1 aliphatic heterocycles. The fourth-order valence-electron chi connectivity index (χ4n) is 2.47. The van der Waals surface area contributed by atoms with E-state index in [-0.39, 0.29) is 11.9 Å². The summed E-state index contributed by atoms with van der Waals surface area (Å²) in [5.41, 5.74) is 0.892. The van der Waals surface area contributed by atoms with Gasteiger partial charge in [0, 0.05) is 44.5 Å². The van der Waals surface area contributed by atoms with Gasteiger partial charge in [0.15, 0.2) is 0 Å². The fraction of sp³-hybridized carbons (Fsp3) is 0.600. The standard InChI is InChI=1S/C15H22F2N2O2/c1-2-13(20)11-18-6-8-19(9-7-18)12-4-3-5-14(10-12)21-15(16)17/h3-5,10,13,15,20H,2,6-9,11H2,1H3/t13-/m0/s1. The highest BCUT2D eigenvalue weighted by molar-refractivity contribution is 5.51. The maximum Gasteiger partial charge on any atom is 0.387 e. The summed E-state index contributed by atoms with van der Waals surface area (Å²) >= 11 is 0. The van der Waals surface area contributed by atoms with Gasteiger partial charge in [0.1, 0.15) is 5.75 Å². The molecule has 0 bridgehead atoms. The molecule has 1 N–H and O–H groups in total. The molecule has 1 aromatic rings. The van der Waals surface area contributed by atoms with Gasteiger partial charge in [-0.3, -0.25) is 4.90 Å². The molecule has 1 atom stereocenters. The molecule has 1 aromatic carbocycles. The Morgan fingerprint density at radius 1 is 1.24 bits per heavy atom. The Bertz CT molecular complexity index is 437. The summed E-state index contributed by atoms with van der Waals surface area (Å²) in [7, 11) is 0. The van der Waals surface area contributed by atoms with Gasteiger partial charge >= 0.3 is 6.61 Å². The Labute approximate surface area is 123 Å². The third-order valence-electron chi connectivity index (χ3n) is 3.72. The lowest BCUT2D eigenvalue weighted by atomic mass is 10.2. The predicted octanol–water partition coefficient (Wildman–Crippen LogP) is 2.18. The second-order valence-corrected chi connectivity index (χ2v) is 5.23. The molecule has 2 rings (SSSR count). The van der Waals surface area contributed by atoms with Gasteiger partial charge < -0.3 is 14.7 Å². The van der Waals surface area contributed by atoms with Crippen molar-refractivity contribution in [3.63, 3.8) is 0 Å². The van der Waals surface area contributed by atoms with Gasteiger partial charge in [-0.2, -0.15) is 8.78 Å². The van der Waals surface area contributed by atoms with E-state index in [1.165, 1.54) is 6.07 Å². The Morgan fingerprint density at radius 3 is 2.57 bits per heavy atom. The first-order valence-corrected chi connectivity index (χ1v) is 7.28. The highest BCUT2D eigenvalue weighted by Crippen LogP contribution is 2.23. The molecule has 0 unspecified atom stereocenters. The first-order chi connectivity index (χ1) is 10.1. The van der Waals surface area contributed by atoms with Crippen LogP contribution < -0.4 is 9.64 Å². The van der Waals surface area contributed by atoms with Crippen molar-refractivity contribution in [2.45, 2.75) is 26.1 Å². The van der Waals surface area contributed by atoms with Crippen LogP contribution >= 0.6 is 0 Å². The van der Waals surface area contributed by atoms with E-state index in [9.17, 15) is 13.9 Å². The zero-order chi connectivity index (χ0) is 15.2. The number of anilines is 1. The van der Waals surface area contributed by atoms with E-state index in [1.807, 2.05) is 13.0 Å². The van der Waals surface area contributed by atoms with Gasteiger partial charge in [-0.15, -0.1) is 0 Å². The Balaban J connectivity index is 1.90. The van der Waals surface area contributed by atoms with Crippen LogP contribution in [0, 0.1) is 0 Å². The molecule has 1 aliphatic rings. The average molecular weight is 300 g/mol. The van der Waals surface area contributed by atoms with Gasteiger partial charge in [0.2, 0.25) is 0 Å².